The molecule has 2 rings (SSSR count). The van der Waals surface area contributed by atoms with Crippen molar-refractivity contribution in [3.63, 3.8) is 0 Å². The van der Waals surface area contributed by atoms with Crippen molar-refractivity contribution < 1.29 is 9.53 Å². The molecule has 0 amide bonds. The summed E-state index contributed by atoms with van der Waals surface area (Å²) in [5.41, 5.74) is 6.74. The van der Waals surface area contributed by atoms with Gasteiger partial charge in [-0.2, -0.15) is 0 Å². The molecule has 16 heavy (non-hydrogen) atoms. The van der Waals surface area contributed by atoms with Crippen LogP contribution in [0.5, 0.6) is 0 Å². The molecule has 1 saturated carbocycles. The van der Waals surface area contributed by atoms with E-state index in [1.807, 2.05) is 0 Å². The van der Waals surface area contributed by atoms with E-state index in [-0.39, 0.29) is 5.97 Å². The second-order valence-corrected chi connectivity index (χ2v) is 4.87. The largest absolute Gasteiger partial charge is 0.462 e. The van der Waals surface area contributed by atoms with Crippen molar-refractivity contribution in [3.05, 3.63) is 28.2 Å². The van der Waals surface area contributed by atoms with Crippen molar-refractivity contribution in [2.45, 2.75) is 19.3 Å². The summed E-state index contributed by atoms with van der Waals surface area (Å²) in [4.78, 5) is 11.7. The molecule has 0 radical (unpaired) electrons. The van der Waals surface area contributed by atoms with Crippen molar-refractivity contribution >= 4 is 27.6 Å². The molecule has 4 heteroatoms. The highest BCUT2D eigenvalue weighted by Gasteiger charge is 2.21. The Hall–Kier alpha value is -1.03. The van der Waals surface area contributed by atoms with Crippen LogP contribution in [0.25, 0.3) is 0 Å². The van der Waals surface area contributed by atoms with Crippen LogP contribution in [0, 0.1) is 5.92 Å². The monoisotopic (exact) mass is 283 g/mol. The number of nitrogens with two attached hydrogens (primary N) is 1. The van der Waals surface area contributed by atoms with Gasteiger partial charge in [-0.15, -0.1) is 0 Å². The van der Waals surface area contributed by atoms with Crippen LogP contribution in [0.2, 0.25) is 0 Å². The van der Waals surface area contributed by atoms with Gasteiger partial charge in [-0.1, -0.05) is 18.9 Å². The molecule has 1 aromatic carbocycles. The fraction of sp³-hybridized carbons (Fsp3) is 0.417. The quantitative estimate of drug-likeness (QED) is 0.683. The van der Waals surface area contributed by atoms with Crippen LogP contribution in [0.15, 0.2) is 22.7 Å². The Morgan fingerprint density at radius 3 is 2.94 bits per heavy atom. The van der Waals surface area contributed by atoms with Gasteiger partial charge in [-0.05, 0) is 40.4 Å². The van der Waals surface area contributed by atoms with Gasteiger partial charge in [0.25, 0.3) is 0 Å². The maximum absolute atomic E-state index is 11.7. The van der Waals surface area contributed by atoms with Crippen LogP contribution in [0.3, 0.4) is 0 Å². The lowest BCUT2D eigenvalue weighted by Crippen LogP contribution is -2.08. The van der Waals surface area contributed by atoms with Crippen molar-refractivity contribution in [3.8, 4) is 0 Å². The summed E-state index contributed by atoms with van der Waals surface area (Å²) in [5, 5.41) is 0. The fourth-order valence-electron chi connectivity index (χ4n) is 1.51. The molecule has 1 fully saturated rings. The van der Waals surface area contributed by atoms with Crippen LogP contribution in [-0.2, 0) is 4.74 Å². The Morgan fingerprint density at radius 1 is 1.50 bits per heavy atom. The van der Waals surface area contributed by atoms with Gasteiger partial charge in [0.05, 0.1) is 16.6 Å². The summed E-state index contributed by atoms with van der Waals surface area (Å²) in [7, 11) is 0. The van der Waals surface area contributed by atoms with Gasteiger partial charge < -0.3 is 10.5 Å². The van der Waals surface area contributed by atoms with E-state index in [9.17, 15) is 4.79 Å². The number of halogens is 1. The first-order valence-corrected chi connectivity index (χ1v) is 6.19. The number of benzene rings is 1. The number of hydrogen-bond donors (Lipinski definition) is 1. The average molecular weight is 284 g/mol. The third-order valence-corrected chi connectivity index (χ3v) is 3.59. The lowest BCUT2D eigenvalue weighted by molar-refractivity contribution is 0.0494. The van der Waals surface area contributed by atoms with Crippen LogP contribution >= 0.6 is 15.9 Å². The van der Waals surface area contributed by atoms with E-state index >= 15 is 0 Å². The molecule has 0 aromatic heterocycles. The zero-order valence-electron chi connectivity index (χ0n) is 8.91. The Balaban J connectivity index is 1.93. The van der Waals surface area contributed by atoms with Crippen LogP contribution < -0.4 is 5.73 Å². The Morgan fingerprint density at radius 2 is 2.25 bits per heavy atom. The number of hydrogen-bond acceptors (Lipinski definition) is 3. The zero-order chi connectivity index (χ0) is 11.5. The number of carbonyl (C=O) groups is 1. The second-order valence-electron chi connectivity index (χ2n) is 4.08. The molecular weight excluding hydrogens is 270 g/mol. The highest BCUT2D eigenvalue weighted by Crippen LogP contribution is 2.32. The number of anilines is 1. The summed E-state index contributed by atoms with van der Waals surface area (Å²) in [6, 6.07) is 5.20. The fourth-order valence-corrected chi connectivity index (χ4v) is 1.94. The normalized spacial score (nSPS) is 14.8. The first-order chi connectivity index (χ1) is 7.68. The number of esters is 1. The minimum absolute atomic E-state index is 0.306. The predicted molar refractivity (Wildman–Crippen MR) is 66.2 cm³/mol. The van der Waals surface area contributed by atoms with Gasteiger partial charge in [-0.3, -0.25) is 0 Å². The Labute approximate surface area is 103 Å². The van der Waals surface area contributed by atoms with E-state index in [0.717, 1.165) is 12.3 Å². The average Bonchev–Trinajstić information content (AvgIpc) is 3.06. The molecular formula is C12H14BrNO2. The number of carbonyl (C=O) groups excluding carboxylic acids is 1. The Bertz CT molecular complexity index is 402. The minimum Gasteiger partial charge on any atom is -0.462 e. The van der Waals surface area contributed by atoms with Gasteiger partial charge in [0.2, 0.25) is 0 Å². The van der Waals surface area contributed by atoms with Crippen molar-refractivity contribution in [1.82, 2.24) is 0 Å². The molecule has 86 valence electrons. The van der Waals surface area contributed by atoms with E-state index in [0.29, 0.717) is 22.3 Å². The number of nitrogen functional groups attached to an aromatic ring is 1. The molecule has 2 N–H and O–H groups in total. The molecule has 0 unspecified atom stereocenters. The number of rotatable bonds is 4. The molecule has 0 spiro atoms. The molecule has 0 atom stereocenters. The minimum atomic E-state index is -0.306. The van der Waals surface area contributed by atoms with E-state index in [1.165, 1.54) is 12.8 Å². The third-order valence-electron chi connectivity index (χ3n) is 2.70. The van der Waals surface area contributed by atoms with Crippen molar-refractivity contribution in [2.75, 3.05) is 12.3 Å². The van der Waals surface area contributed by atoms with Gasteiger partial charge in [-0.25, -0.2) is 4.79 Å². The summed E-state index contributed by atoms with van der Waals surface area (Å²) in [5.74, 6) is 0.469. The van der Waals surface area contributed by atoms with E-state index in [4.69, 9.17) is 10.5 Å². The number of ether oxygens (including phenoxy) is 1. The van der Waals surface area contributed by atoms with Crippen molar-refractivity contribution in [1.29, 1.82) is 0 Å². The predicted octanol–water partition coefficient (Wildman–Crippen LogP) is 2.99. The topological polar surface area (TPSA) is 52.3 Å². The lowest BCUT2D eigenvalue weighted by atomic mass is 10.2. The molecule has 1 aliphatic rings. The van der Waals surface area contributed by atoms with E-state index in [2.05, 4.69) is 15.9 Å². The highest BCUT2D eigenvalue weighted by molar-refractivity contribution is 9.10. The molecule has 0 heterocycles. The van der Waals surface area contributed by atoms with Crippen LogP contribution in [0.1, 0.15) is 29.6 Å². The summed E-state index contributed by atoms with van der Waals surface area (Å²) < 4.78 is 5.81. The standard InChI is InChI=1S/C12H14BrNO2/c13-11-9(2-1-3-10(11)14)12(15)16-7-6-8-4-5-8/h1-3,8H,4-7,14H2. The van der Waals surface area contributed by atoms with Crippen molar-refractivity contribution in [2.24, 2.45) is 5.92 Å². The first kappa shape index (κ1) is 11.5. The first-order valence-electron chi connectivity index (χ1n) is 5.39. The highest BCUT2D eigenvalue weighted by atomic mass is 79.9. The van der Waals surface area contributed by atoms with E-state index in [1.54, 1.807) is 18.2 Å². The SMILES string of the molecule is Nc1cccc(C(=O)OCCC2CC2)c1Br. The molecule has 0 saturated heterocycles. The second kappa shape index (κ2) is 4.87. The lowest BCUT2D eigenvalue weighted by Gasteiger charge is -2.07. The molecule has 0 bridgehead atoms. The molecule has 3 nitrogen and oxygen atoms in total. The molecule has 1 aromatic rings. The maximum atomic E-state index is 11.7. The van der Waals surface area contributed by atoms with Crippen LogP contribution in [0.4, 0.5) is 5.69 Å². The molecule has 0 aliphatic heterocycles. The molecule has 1 aliphatic carbocycles. The van der Waals surface area contributed by atoms with Gasteiger partial charge in [0.1, 0.15) is 0 Å². The smallest absolute Gasteiger partial charge is 0.339 e. The summed E-state index contributed by atoms with van der Waals surface area (Å²) in [6.07, 6.45) is 3.53. The Kier molecular flexibility index (Phi) is 3.49. The summed E-state index contributed by atoms with van der Waals surface area (Å²) >= 11 is 3.29. The van der Waals surface area contributed by atoms with Gasteiger partial charge >= 0.3 is 5.97 Å². The van der Waals surface area contributed by atoms with Gasteiger partial charge in [0, 0.05) is 5.69 Å². The van der Waals surface area contributed by atoms with E-state index < -0.39 is 0 Å². The summed E-state index contributed by atoms with van der Waals surface area (Å²) in [6.45, 7) is 0.505. The maximum Gasteiger partial charge on any atom is 0.339 e. The zero-order valence-corrected chi connectivity index (χ0v) is 10.5. The van der Waals surface area contributed by atoms with Gasteiger partial charge in [0.15, 0.2) is 0 Å². The third kappa shape index (κ3) is 2.76. The van der Waals surface area contributed by atoms with Crippen LogP contribution in [-0.4, -0.2) is 12.6 Å².